The maximum absolute atomic E-state index is 12.9. The summed E-state index contributed by atoms with van der Waals surface area (Å²) < 4.78 is 12.9. The molecule has 3 nitrogen and oxygen atoms in total. The molecule has 0 bridgehead atoms. The summed E-state index contributed by atoms with van der Waals surface area (Å²) in [6.45, 7) is 1.55. The highest BCUT2D eigenvalue weighted by Crippen LogP contribution is 2.39. The predicted molar refractivity (Wildman–Crippen MR) is 57.0 cm³/mol. The Hall–Kier alpha value is -1.42. The number of fused-ring (bicyclic) bond motifs is 1. The molecule has 1 atom stereocenters. The lowest BCUT2D eigenvalue weighted by atomic mass is 9.97. The molecule has 2 saturated heterocycles. The van der Waals surface area contributed by atoms with E-state index in [-0.39, 0.29) is 17.4 Å². The fourth-order valence-electron chi connectivity index (χ4n) is 2.77. The van der Waals surface area contributed by atoms with Crippen LogP contribution in [0.25, 0.3) is 0 Å². The number of halogens is 1. The molecule has 1 unspecified atom stereocenters. The molecule has 2 aliphatic heterocycles. The molecule has 84 valence electrons. The molecule has 0 aliphatic carbocycles. The third kappa shape index (κ3) is 1.19. The van der Waals surface area contributed by atoms with Gasteiger partial charge in [-0.3, -0.25) is 10.1 Å². The SMILES string of the molecule is O=C1CCC2(c3ccc(F)cc3)NCCN12. The van der Waals surface area contributed by atoms with Gasteiger partial charge in [0.05, 0.1) is 0 Å². The zero-order valence-electron chi connectivity index (χ0n) is 8.87. The Kier molecular flexibility index (Phi) is 2.01. The van der Waals surface area contributed by atoms with Crippen molar-refractivity contribution < 1.29 is 9.18 Å². The van der Waals surface area contributed by atoms with E-state index in [1.165, 1.54) is 12.1 Å². The molecule has 0 radical (unpaired) electrons. The van der Waals surface area contributed by atoms with Crippen molar-refractivity contribution in [2.24, 2.45) is 0 Å². The maximum Gasteiger partial charge on any atom is 0.224 e. The lowest BCUT2D eigenvalue weighted by molar-refractivity contribution is -0.130. The Bertz CT molecular complexity index is 431. The average Bonchev–Trinajstić information content (AvgIpc) is 2.82. The molecule has 0 aromatic heterocycles. The average molecular weight is 220 g/mol. The van der Waals surface area contributed by atoms with Crippen LogP contribution in [0.15, 0.2) is 24.3 Å². The minimum atomic E-state index is -0.370. The highest BCUT2D eigenvalue weighted by Gasteiger charge is 2.49. The number of benzene rings is 1. The first-order valence-electron chi connectivity index (χ1n) is 5.54. The topological polar surface area (TPSA) is 32.3 Å². The molecule has 4 heteroatoms. The monoisotopic (exact) mass is 220 g/mol. The Morgan fingerprint density at radius 3 is 2.81 bits per heavy atom. The molecule has 1 amide bonds. The van der Waals surface area contributed by atoms with Gasteiger partial charge in [-0.1, -0.05) is 12.1 Å². The van der Waals surface area contributed by atoms with Gasteiger partial charge in [0.25, 0.3) is 0 Å². The number of carbonyl (C=O) groups excluding carboxylic acids is 1. The molecule has 1 aromatic carbocycles. The van der Waals surface area contributed by atoms with Crippen molar-refractivity contribution in [2.45, 2.75) is 18.5 Å². The molecule has 0 spiro atoms. The molecule has 1 N–H and O–H groups in total. The summed E-state index contributed by atoms with van der Waals surface area (Å²) in [7, 11) is 0. The van der Waals surface area contributed by atoms with E-state index in [9.17, 15) is 9.18 Å². The highest BCUT2D eigenvalue weighted by atomic mass is 19.1. The van der Waals surface area contributed by atoms with E-state index in [4.69, 9.17) is 0 Å². The van der Waals surface area contributed by atoms with Crippen molar-refractivity contribution in [3.8, 4) is 0 Å². The van der Waals surface area contributed by atoms with Gasteiger partial charge in [-0.05, 0) is 24.1 Å². The lowest BCUT2D eigenvalue weighted by Gasteiger charge is -2.32. The van der Waals surface area contributed by atoms with Crippen LogP contribution in [-0.2, 0) is 10.5 Å². The van der Waals surface area contributed by atoms with Crippen molar-refractivity contribution in [3.05, 3.63) is 35.6 Å². The van der Waals surface area contributed by atoms with Gasteiger partial charge in [0.1, 0.15) is 11.5 Å². The number of hydrogen-bond donors (Lipinski definition) is 1. The summed E-state index contributed by atoms with van der Waals surface area (Å²) in [5, 5.41) is 3.38. The summed E-state index contributed by atoms with van der Waals surface area (Å²) in [4.78, 5) is 13.6. The third-order valence-corrected chi connectivity index (χ3v) is 3.54. The predicted octanol–water partition coefficient (Wildman–Crippen LogP) is 1.20. The Morgan fingerprint density at radius 2 is 2.06 bits per heavy atom. The summed E-state index contributed by atoms with van der Waals surface area (Å²) in [6, 6.07) is 6.43. The molecule has 2 fully saturated rings. The van der Waals surface area contributed by atoms with Crippen LogP contribution in [0.2, 0.25) is 0 Å². The zero-order chi connectivity index (χ0) is 11.2. The first-order valence-corrected chi connectivity index (χ1v) is 5.54. The first kappa shape index (κ1) is 9.78. The van der Waals surface area contributed by atoms with E-state index >= 15 is 0 Å². The molecule has 3 rings (SSSR count). The second kappa shape index (κ2) is 3.28. The lowest BCUT2D eigenvalue weighted by Crippen LogP contribution is -2.45. The van der Waals surface area contributed by atoms with E-state index in [0.29, 0.717) is 6.42 Å². The van der Waals surface area contributed by atoms with Crippen LogP contribution in [0.3, 0.4) is 0 Å². The minimum Gasteiger partial charge on any atom is -0.319 e. The molecule has 16 heavy (non-hydrogen) atoms. The quantitative estimate of drug-likeness (QED) is 0.771. The van der Waals surface area contributed by atoms with Gasteiger partial charge in [0, 0.05) is 19.5 Å². The van der Waals surface area contributed by atoms with Gasteiger partial charge in [0.15, 0.2) is 0 Å². The van der Waals surface area contributed by atoms with Crippen LogP contribution < -0.4 is 5.32 Å². The molecule has 0 saturated carbocycles. The fourth-order valence-corrected chi connectivity index (χ4v) is 2.77. The summed E-state index contributed by atoms with van der Waals surface area (Å²) >= 11 is 0. The maximum atomic E-state index is 12.9. The van der Waals surface area contributed by atoms with E-state index in [1.54, 1.807) is 12.1 Å². The van der Waals surface area contributed by atoms with Gasteiger partial charge < -0.3 is 4.90 Å². The number of nitrogens with zero attached hydrogens (tertiary/aromatic N) is 1. The van der Waals surface area contributed by atoms with Crippen molar-refractivity contribution in [1.29, 1.82) is 0 Å². The Labute approximate surface area is 93.2 Å². The summed E-state index contributed by atoms with van der Waals surface area (Å²) in [6.07, 6.45) is 1.35. The third-order valence-electron chi connectivity index (χ3n) is 3.54. The van der Waals surface area contributed by atoms with Crippen molar-refractivity contribution >= 4 is 5.91 Å². The van der Waals surface area contributed by atoms with Crippen molar-refractivity contribution in [2.75, 3.05) is 13.1 Å². The Morgan fingerprint density at radius 1 is 1.31 bits per heavy atom. The summed E-state index contributed by atoms with van der Waals surface area (Å²) in [5.41, 5.74) is 0.613. The standard InChI is InChI=1S/C12H13FN2O/c13-10-3-1-9(2-4-10)12-6-5-11(16)15(12)8-7-14-12/h1-4,14H,5-8H2. The van der Waals surface area contributed by atoms with Crippen molar-refractivity contribution in [3.63, 3.8) is 0 Å². The first-order chi connectivity index (χ1) is 7.72. The summed E-state index contributed by atoms with van der Waals surface area (Å²) in [5.74, 6) is -0.0525. The zero-order valence-corrected chi connectivity index (χ0v) is 8.87. The van der Waals surface area contributed by atoms with Crippen LogP contribution in [0.4, 0.5) is 4.39 Å². The van der Waals surface area contributed by atoms with Gasteiger partial charge in [-0.25, -0.2) is 4.39 Å². The molecular formula is C12H13FN2O. The molecule has 2 heterocycles. The van der Waals surface area contributed by atoms with E-state index in [0.717, 1.165) is 25.1 Å². The second-order valence-electron chi connectivity index (χ2n) is 4.34. The number of carbonyl (C=O) groups is 1. The smallest absolute Gasteiger partial charge is 0.224 e. The fraction of sp³-hybridized carbons (Fsp3) is 0.417. The number of rotatable bonds is 1. The molecule has 1 aromatic rings. The number of hydrogen-bond acceptors (Lipinski definition) is 2. The highest BCUT2D eigenvalue weighted by molar-refractivity contribution is 5.80. The minimum absolute atomic E-state index is 0.189. The Balaban J connectivity index is 2.04. The van der Waals surface area contributed by atoms with Gasteiger partial charge in [-0.15, -0.1) is 0 Å². The van der Waals surface area contributed by atoms with Crippen LogP contribution in [0, 0.1) is 5.82 Å². The van der Waals surface area contributed by atoms with Crippen LogP contribution in [0.1, 0.15) is 18.4 Å². The molecular weight excluding hydrogens is 207 g/mol. The van der Waals surface area contributed by atoms with Gasteiger partial charge in [0.2, 0.25) is 5.91 Å². The van der Waals surface area contributed by atoms with Crippen molar-refractivity contribution in [1.82, 2.24) is 10.2 Å². The largest absolute Gasteiger partial charge is 0.319 e. The van der Waals surface area contributed by atoms with Crippen LogP contribution in [-0.4, -0.2) is 23.9 Å². The number of nitrogens with one attached hydrogen (secondary N) is 1. The van der Waals surface area contributed by atoms with Crippen LogP contribution in [0.5, 0.6) is 0 Å². The second-order valence-corrected chi connectivity index (χ2v) is 4.34. The number of amides is 1. The van der Waals surface area contributed by atoms with Crippen LogP contribution >= 0.6 is 0 Å². The van der Waals surface area contributed by atoms with Gasteiger partial charge in [-0.2, -0.15) is 0 Å². The molecule has 2 aliphatic rings. The normalized spacial score (nSPS) is 28.6. The van der Waals surface area contributed by atoms with E-state index in [2.05, 4.69) is 5.32 Å². The van der Waals surface area contributed by atoms with E-state index in [1.807, 2.05) is 4.90 Å². The van der Waals surface area contributed by atoms with Gasteiger partial charge >= 0.3 is 0 Å². The van der Waals surface area contributed by atoms with E-state index < -0.39 is 0 Å².